The van der Waals surface area contributed by atoms with Gasteiger partial charge in [0, 0.05) is 35.7 Å². The molecule has 1 aliphatic heterocycles. The molecule has 0 radical (unpaired) electrons. The summed E-state index contributed by atoms with van der Waals surface area (Å²) in [5.41, 5.74) is 1.47. The molecule has 1 fully saturated rings. The van der Waals surface area contributed by atoms with Crippen molar-refractivity contribution in [3.05, 3.63) is 46.5 Å². The van der Waals surface area contributed by atoms with Crippen LogP contribution in [-0.4, -0.2) is 48.3 Å². The van der Waals surface area contributed by atoms with Gasteiger partial charge < -0.3 is 18.8 Å². The van der Waals surface area contributed by atoms with Crippen molar-refractivity contribution in [3.8, 4) is 23.0 Å². The maximum atomic E-state index is 13.1. The fourth-order valence-corrected chi connectivity index (χ4v) is 4.01. The summed E-state index contributed by atoms with van der Waals surface area (Å²) in [4.78, 5) is 14.9. The first kappa shape index (κ1) is 18.5. The quantitative estimate of drug-likeness (QED) is 0.649. The zero-order valence-corrected chi connectivity index (χ0v) is 16.6. The molecule has 1 amide bonds. The molecule has 1 saturated heterocycles. The van der Waals surface area contributed by atoms with Gasteiger partial charge in [0.05, 0.1) is 20.1 Å². The van der Waals surface area contributed by atoms with Gasteiger partial charge in [0.25, 0.3) is 5.91 Å². The van der Waals surface area contributed by atoms with Crippen LogP contribution in [0.25, 0.3) is 11.5 Å². The summed E-state index contributed by atoms with van der Waals surface area (Å²) in [6, 6.07) is 7.17. The first-order valence-corrected chi connectivity index (χ1v) is 10.0. The van der Waals surface area contributed by atoms with E-state index in [1.54, 1.807) is 43.8 Å². The van der Waals surface area contributed by atoms with Crippen molar-refractivity contribution < 1.29 is 18.7 Å². The van der Waals surface area contributed by atoms with Crippen molar-refractivity contribution in [2.24, 2.45) is 0 Å². The van der Waals surface area contributed by atoms with Gasteiger partial charge in [-0.25, -0.2) is 0 Å². The minimum absolute atomic E-state index is 0.0325. The predicted octanol–water partition coefficient (Wildman–Crippen LogP) is 3.84. The molecule has 3 heterocycles. The number of carbonyl (C=O) groups excluding carboxylic acids is 1. The average molecular weight is 399 g/mol. The van der Waals surface area contributed by atoms with Crippen molar-refractivity contribution in [2.45, 2.75) is 18.8 Å². The van der Waals surface area contributed by atoms with Crippen LogP contribution in [0.4, 0.5) is 0 Å². The predicted molar refractivity (Wildman–Crippen MR) is 105 cm³/mol. The lowest BCUT2D eigenvalue weighted by atomic mass is 9.97. The number of amides is 1. The highest BCUT2D eigenvalue weighted by Crippen LogP contribution is 2.30. The molecule has 0 N–H and O–H groups in total. The second-order valence-electron chi connectivity index (χ2n) is 6.65. The fourth-order valence-electron chi connectivity index (χ4n) is 3.38. The third-order valence-electron chi connectivity index (χ3n) is 4.86. The topological polar surface area (TPSA) is 77.7 Å². The second-order valence-corrected chi connectivity index (χ2v) is 7.43. The van der Waals surface area contributed by atoms with Gasteiger partial charge >= 0.3 is 0 Å². The van der Waals surface area contributed by atoms with Crippen molar-refractivity contribution >= 4 is 17.2 Å². The molecule has 8 heteroatoms. The molecule has 3 aromatic rings. The Bertz CT molecular complexity index is 932. The third kappa shape index (κ3) is 3.73. The van der Waals surface area contributed by atoms with E-state index in [-0.39, 0.29) is 11.8 Å². The molecule has 7 nitrogen and oxygen atoms in total. The molecular weight excluding hydrogens is 378 g/mol. The lowest BCUT2D eigenvalue weighted by Gasteiger charge is -2.31. The summed E-state index contributed by atoms with van der Waals surface area (Å²) in [5.74, 6) is 2.27. The van der Waals surface area contributed by atoms with E-state index in [2.05, 4.69) is 10.2 Å². The summed E-state index contributed by atoms with van der Waals surface area (Å²) in [5, 5.41) is 12.3. The summed E-state index contributed by atoms with van der Waals surface area (Å²) in [6.45, 7) is 1.24. The van der Waals surface area contributed by atoms with Gasteiger partial charge in [0.15, 0.2) is 0 Å². The van der Waals surface area contributed by atoms with Crippen LogP contribution >= 0.6 is 11.3 Å². The number of ether oxygens (including phenoxy) is 2. The van der Waals surface area contributed by atoms with E-state index >= 15 is 0 Å². The summed E-state index contributed by atoms with van der Waals surface area (Å²) in [6.07, 6.45) is 1.80. The van der Waals surface area contributed by atoms with E-state index in [9.17, 15) is 4.79 Å². The number of benzene rings is 1. The van der Waals surface area contributed by atoms with E-state index in [0.717, 1.165) is 18.4 Å². The Labute approximate surface area is 166 Å². The normalized spacial score (nSPS) is 16.8. The van der Waals surface area contributed by atoms with E-state index in [4.69, 9.17) is 13.9 Å². The number of hydrogen-bond acceptors (Lipinski definition) is 7. The van der Waals surface area contributed by atoms with E-state index in [0.29, 0.717) is 41.9 Å². The van der Waals surface area contributed by atoms with Crippen LogP contribution in [0.5, 0.6) is 11.5 Å². The lowest BCUT2D eigenvalue weighted by molar-refractivity contribution is 0.0697. The van der Waals surface area contributed by atoms with Crippen molar-refractivity contribution in [1.82, 2.24) is 15.1 Å². The third-order valence-corrected chi connectivity index (χ3v) is 5.55. The number of aromatic nitrogens is 2. The van der Waals surface area contributed by atoms with Gasteiger partial charge in [0.2, 0.25) is 11.8 Å². The maximum absolute atomic E-state index is 13.1. The number of piperidine rings is 1. The van der Waals surface area contributed by atoms with Gasteiger partial charge in [-0.3, -0.25) is 4.79 Å². The van der Waals surface area contributed by atoms with E-state index < -0.39 is 0 Å². The lowest BCUT2D eigenvalue weighted by Crippen LogP contribution is -2.39. The minimum atomic E-state index is -0.0560. The molecule has 28 heavy (non-hydrogen) atoms. The number of carbonyl (C=O) groups is 1. The molecule has 1 atom stereocenters. The van der Waals surface area contributed by atoms with Crippen LogP contribution in [0, 0.1) is 0 Å². The zero-order chi connectivity index (χ0) is 19.5. The van der Waals surface area contributed by atoms with Gasteiger partial charge in [-0.05, 0) is 36.4 Å². The highest BCUT2D eigenvalue weighted by Gasteiger charge is 2.29. The Balaban J connectivity index is 1.52. The molecule has 0 aliphatic carbocycles. The number of methoxy groups -OCH3 is 2. The molecule has 1 aromatic carbocycles. The van der Waals surface area contributed by atoms with Crippen molar-refractivity contribution in [1.29, 1.82) is 0 Å². The minimum Gasteiger partial charge on any atom is -0.497 e. The molecular formula is C20H21N3O4S. The van der Waals surface area contributed by atoms with Crippen molar-refractivity contribution in [3.63, 3.8) is 0 Å². The van der Waals surface area contributed by atoms with Crippen LogP contribution < -0.4 is 9.47 Å². The first-order chi connectivity index (χ1) is 13.7. The van der Waals surface area contributed by atoms with Crippen LogP contribution in [0.2, 0.25) is 0 Å². The largest absolute Gasteiger partial charge is 0.497 e. The van der Waals surface area contributed by atoms with Crippen LogP contribution in [-0.2, 0) is 0 Å². The Hall–Kier alpha value is -2.87. The molecule has 0 spiro atoms. The van der Waals surface area contributed by atoms with Crippen molar-refractivity contribution in [2.75, 3.05) is 27.3 Å². The Morgan fingerprint density at radius 3 is 2.68 bits per heavy atom. The van der Waals surface area contributed by atoms with Gasteiger partial charge in [-0.15, -0.1) is 10.2 Å². The number of thiophene rings is 1. The zero-order valence-electron chi connectivity index (χ0n) is 15.8. The molecule has 146 valence electrons. The number of hydrogen-bond donors (Lipinski definition) is 0. The Kier molecular flexibility index (Phi) is 5.29. The van der Waals surface area contributed by atoms with E-state index in [1.165, 1.54) is 0 Å². The van der Waals surface area contributed by atoms with Crippen LogP contribution in [0.1, 0.15) is 35.0 Å². The molecule has 2 aromatic heterocycles. The monoisotopic (exact) mass is 399 g/mol. The molecule has 4 rings (SSSR count). The molecule has 0 saturated carbocycles. The maximum Gasteiger partial charge on any atom is 0.254 e. The summed E-state index contributed by atoms with van der Waals surface area (Å²) >= 11 is 1.59. The van der Waals surface area contributed by atoms with Crippen LogP contribution in [0.3, 0.4) is 0 Å². The first-order valence-electron chi connectivity index (χ1n) is 9.06. The average Bonchev–Trinajstić information content (AvgIpc) is 3.44. The van der Waals surface area contributed by atoms with E-state index in [1.807, 2.05) is 21.7 Å². The molecule has 1 aliphatic rings. The SMILES string of the molecule is COc1cc(OC)cc(C(=O)N2CCCC(c3nnc(-c4ccsc4)o3)C2)c1. The second kappa shape index (κ2) is 8.02. The smallest absolute Gasteiger partial charge is 0.254 e. The summed E-state index contributed by atoms with van der Waals surface area (Å²) < 4.78 is 16.4. The van der Waals surface area contributed by atoms with Gasteiger partial charge in [-0.1, -0.05) is 0 Å². The highest BCUT2D eigenvalue weighted by atomic mass is 32.1. The summed E-state index contributed by atoms with van der Waals surface area (Å²) in [7, 11) is 3.14. The number of nitrogens with zero attached hydrogens (tertiary/aromatic N) is 3. The number of likely N-dealkylation sites (tertiary alicyclic amines) is 1. The van der Waals surface area contributed by atoms with Gasteiger partial charge in [-0.2, -0.15) is 11.3 Å². The van der Waals surface area contributed by atoms with Gasteiger partial charge in [0.1, 0.15) is 11.5 Å². The highest BCUT2D eigenvalue weighted by molar-refractivity contribution is 7.08. The Morgan fingerprint density at radius 1 is 1.21 bits per heavy atom. The molecule has 1 unspecified atom stereocenters. The standard InChI is InChI=1S/C20H21N3O4S/c1-25-16-8-15(9-17(10-16)26-2)20(24)23-6-3-4-13(11-23)18-21-22-19(27-18)14-5-7-28-12-14/h5,7-10,12-13H,3-4,6,11H2,1-2H3. The van der Waals surface area contributed by atoms with Crippen LogP contribution in [0.15, 0.2) is 39.4 Å². The fraction of sp³-hybridized carbons (Fsp3) is 0.350. The Morgan fingerprint density at radius 2 is 2.00 bits per heavy atom. The molecule has 0 bridgehead atoms. The number of rotatable bonds is 5.